The van der Waals surface area contributed by atoms with Gasteiger partial charge in [0.15, 0.2) is 0 Å². The molecule has 12 unspecified atom stereocenters. The van der Waals surface area contributed by atoms with Crippen molar-refractivity contribution in [3.05, 3.63) is 0 Å². The zero-order valence-corrected chi connectivity index (χ0v) is 15.4. The summed E-state index contributed by atoms with van der Waals surface area (Å²) >= 11 is 0. The summed E-state index contributed by atoms with van der Waals surface area (Å²) < 4.78 is 0. The van der Waals surface area contributed by atoms with Crippen molar-refractivity contribution >= 4 is 0 Å². The van der Waals surface area contributed by atoms with Crippen LogP contribution in [0.5, 0.6) is 0 Å². The van der Waals surface area contributed by atoms with Crippen molar-refractivity contribution in [3.8, 4) is 0 Å². The van der Waals surface area contributed by atoms with Gasteiger partial charge in [0.25, 0.3) is 0 Å². The Morgan fingerprint density at radius 3 is 1.33 bits per heavy atom. The molecule has 7 aliphatic rings. The molecule has 0 radical (unpaired) electrons. The van der Waals surface area contributed by atoms with Gasteiger partial charge in [-0.1, -0.05) is 19.3 Å². The first-order valence-electron chi connectivity index (χ1n) is 11.9. The lowest BCUT2D eigenvalue weighted by molar-refractivity contribution is -0.189. The van der Waals surface area contributed by atoms with Gasteiger partial charge in [0.05, 0.1) is 0 Å². The Morgan fingerprint density at radius 1 is 0.292 bits per heavy atom. The molecular formula is C24H36. The van der Waals surface area contributed by atoms with Gasteiger partial charge in [0.1, 0.15) is 0 Å². The molecule has 0 N–H and O–H groups in total. The van der Waals surface area contributed by atoms with Crippen LogP contribution in [0.4, 0.5) is 0 Å². The van der Waals surface area contributed by atoms with E-state index in [0.29, 0.717) is 0 Å². The largest absolute Gasteiger partial charge is 0.0528 e. The third kappa shape index (κ3) is 1.64. The molecule has 7 aliphatic carbocycles. The Morgan fingerprint density at radius 2 is 0.667 bits per heavy atom. The molecule has 0 amide bonds. The third-order valence-corrected chi connectivity index (χ3v) is 11.3. The van der Waals surface area contributed by atoms with Crippen LogP contribution in [0, 0.1) is 71.0 Å². The SMILES string of the molecule is C1CC2CCC3CC4CCC5CCC6CC7CC(C1)C2C3C7C4C56. The first-order chi connectivity index (χ1) is 11.9. The van der Waals surface area contributed by atoms with Crippen LogP contribution >= 0.6 is 0 Å². The van der Waals surface area contributed by atoms with Crippen LogP contribution < -0.4 is 0 Å². The number of hydrogen-bond acceptors (Lipinski definition) is 0. The van der Waals surface area contributed by atoms with Crippen molar-refractivity contribution < 1.29 is 0 Å². The molecule has 0 saturated heterocycles. The summed E-state index contributed by atoms with van der Waals surface area (Å²) in [6.07, 6.45) is 19.7. The van der Waals surface area contributed by atoms with Crippen LogP contribution in [0.25, 0.3) is 0 Å². The van der Waals surface area contributed by atoms with E-state index in [0.717, 1.165) is 0 Å². The molecule has 0 aromatic heterocycles. The summed E-state index contributed by atoms with van der Waals surface area (Å²) in [5, 5.41) is 0. The fraction of sp³-hybridized carbons (Fsp3) is 1.00. The van der Waals surface area contributed by atoms with Gasteiger partial charge in [-0.3, -0.25) is 0 Å². The van der Waals surface area contributed by atoms with Crippen LogP contribution in [0.3, 0.4) is 0 Å². The van der Waals surface area contributed by atoms with Crippen molar-refractivity contribution in [2.24, 2.45) is 71.0 Å². The zero-order chi connectivity index (χ0) is 15.4. The van der Waals surface area contributed by atoms with Gasteiger partial charge in [-0.2, -0.15) is 0 Å². The molecule has 132 valence electrons. The lowest BCUT2D eigenvalue weighted by atomic mass is 9.38. The van der Waals surface area contributed by atoms with Gasteiger partial charge < -0.3 is 0 Å². The van der Waals surface area contributed by atoms with Crippen LogP contribution in [-0.4, -0.2) is 0 Å². The highest BCUT2D eigenvalue weighted by atomic mass is 14.7. The van der Waals surface area contributed by atoms with E-state index in [2.05, 4.69) is 0 Å². The van der Waals surface area contributed by atoms with E-state index >= 15 is 0 Å². The molecule has 0 aromatic rings. The van der Waals surface area contributed by atoms with Gasteiger partial charge in [0.2, 0.25) is 0 Å². The second kappa shape index (κ2) is 4.83. The maximum atomic E-state index is 1.69. The van der Waals surface area contributed by atoms with E-state index in [9.17, 15) is 0 Å². The summed E-state index contributed by atoms with van der Waals surface area (Å²) in [7, 11) is 0. The average molecular weight is 325 g/mol. The Balaban J connectivity index is 1.35. The fourth-order valence-electron chi connectivity index (χ4n) is 11.1. The summed E-state index contributed by atoms with van der Waals surface area (Å²) in [5.41, 5.74) is 0. The Labute approximate surface area is 148 Å². The minimum Gasteiger partial charge on any atom is -0.0528 e. The van der Waals surface area contributed by atoms with E-state index < -0.39 is 0 Å². The molecule has 0 heterocycles. The summed E-state index contributed by atoms with van der Waals surface area (Å²) in [4.78, 5) is 0. The Bertz CT molecular complexity index is 536. The van der Waals surface area contributed by atoms with Gasteiger partial charge in [-0.05, 0) is 129 Å². The van der Waals surface area contributed by atoms with Gasteiger partial charge in [0, 0.05) is 0 Å². The molecule has 7 rings (SSSR count). The number of hydrogen-bond donors (Lipinski definition) is 0. The van der Waals surface area contributed by atoms with E-state index in [4.69, 9.17) is 0 Å². The van der Waals surface area contributed by atoms with Crippen LogP contribution in [0.2, 0.25) is 0 Å². The highest BCUT2D eigenvalue weighted by molar-refractivity contribution is 5.13. The first-order valence-corrected chi connectivity index (χ1v) is 11.9. The highest BCUT2D eigenvalue weighted by Crippen LogP contribution is 2.71. The van der Waals surface area contributed by atoms with Crippen molar-refractivity contribution in [1.82, 2.24) is 0 Å². The maximum Gasteiger partial charge on any atom is -0.0318 e. The molecule has 12 atom stereocenters. The predicted octanol–water partition coefficient (Wildman–Crippen LogP) is 6.16. The fourth-order valence-corrected chi connectivity index (χ4v) is 11.1. The Hall–Kier alpha value is 0. The van der Waals surface area contributed by atoms with Crippen molar-refractivity contribution in [2.45, 2.75) is 77.0 Å². The maximum absolute atomic E-state index is 1.69. The first kappa shape index (κ1) is 14.1. The Kier molecular flexibility index (Phi) is 2.84. The van der Waals surface area contributed by atoms with Gasteiger partial charge >= 0.3 is 0 Å². The molecule has 0 heteroatoms. The lowest BCUT2D eigenvalue weighted by Crippen LogP contribution is -2.61. The van der Waals surface area contributed by atoms with E-state index in [-0.39, 0.29) is 0 Å². The normalized spacial score (nSPS) is 66.0. The van der Waals surface area contributed by atoms with Crippen LogP contribution in [0.15, 0.2) is 0 Å². The topological polar surface area (TPSA) is 0 Å². The van der Waals surface area contributed by atoms with E-state index in [1.165, 1.54) is 71.0 Å². The monoisotopic (exact) mass is 324 g/mol. The third-order valence-electron chi connectivity index (χ3n) is 11.3. The van der Waals surface area contributed by atoms with Gasteiger partial charge in [-0.15, -0.1) is 0 Å². The van der Waals surface area contributed by atoms with Crippen LogP contribution in [-0.2, 0) is 0 Å². The van der Waals surface area contributed by atoms with E-state index in [1.807, 2.05) is 0 Å². The zero-order valence-electron chi connectivity index (χ0n) is 15.4. The standard InChI is InChI=1S/C24H36/c1-2-13-4-8-17-10-18-9-6-14-5-7-16-12-19-11-15(3-1)20(13)22(17)24(19)23(18)21(14)16/h13-24H,1-12H2. The minimum atomic E-state index is 1.17. The van der Waals surface area contributed by atoms with E-state index in [1.54, 1.807) is 77.0 Å². The molecule has 7 saturated carbocycles. The molecule has 0 aromatic carbocycles. The van der Waals surface area contributed by atoms with Crippen molar-refractivity contribution in [2.75, 3.05) is 0 Å². The molecule has 0 nitrogen and oxygen atoms in total. The lowest BCUT2D eigenvalue weighted by Gasteiger charge is -2.67. The van der Waals surface area contributed by atoms with Crippen molar-refractivity contribution in [1.29, 1.82) is 0 Å². The molecule has 0 bridgehead atoms. The average Bonchev–Trinajstić information content (AvgIpc) is 3.03. The molecule has 0 spiro atoms. The predicted molar refractivity (Wildman–Crippen MR) is 97.3 cm³/mol. The van der Waals surface area contributed by atoms with Crippen molar-refractivity contribution in [3.63, 3.8) is 0 Å². The highest BCUT2D eigenvalue weighted by Gasteiger charge is 2.64. The minimum absolute atomic E-state index is 1.17. The van der Waals surface area contributed by atoms with Gasteiger partial charge in [-0.25, -0.2) is 0 Å². The second-order valence-electron chi connectivity index (χ2n) is 11.6. The number of rotatable bonds is 0. The van der Waals surface area contributed by atoms with Crippen LogP contribution in [0.1, 0.15) is 77.0 Å². The summed E-state index contributed by atoms with van der Waals surface area (Å²) in [6.45, 7) is 0. The molecular weight excluding hydrogens is 288 g/mol. The quantitative estimate of drug-likeness (QED) is 0.501. The molecule has 24 heavy (non-hydrogen) atoms. The summed E-state index contributed by atoms with van der Waals surface area (Å²) in [5.74, 6) is 14.3. The smallest absolute Gasteiger partial charge is 0.0318 e. The molecule has 7 fully saturated rings. The summed E-state index contributed by atoms with van der Waals surface area (Å²) in [6, 6.07) is 0. The second-order valence-corrected chi connectivity index (χ2v) is 11.6. The molecule has 0 aliphatic heterocycles.